The van der Waals surface area contributed by atoms with Crippen LogP contribution in [-0.2, 0) is 0 Å². The highest BCUT2D eigenvalue weighted by Gasteiger charge is 2.14. The van der Waals surface area contributed by atoms with Crippen molar-refractivity contribution < 1.29 is 4.79 Å². The summed E-state index contributed by atoms with van der Waals surface area (Å²) in [4.78, 5) is 14.0. The molecule has 0 spiro atoms. The van der Waals surface area contributed by atoms with Crippen molar-refractivity contribution in [3.63, 3.8) is 0 Å². The Hall–Kier alpha value is -2.88. The molecule has 0 saturated carbocycles. The number of amides is 1. The van der Waals surface area contributed by atoms with Crippen molar-refractivity contribution in [1.82, 2.24) is 9.78 Å². The highest BCUT2D eigenvalue weighted by Crippen LogP contribution is 2.17. The largest absolute Gasteiger partial charge is 0.348 e. The van der Waals surface area contributed by atoms with Crippen LogP contribution in [0, 0.1) is 0 Å². The average molecular weight is 277 g/mol. The van der Waals surface area contributed by atoms with E-state index in [1.54, 1.807) is 18.1 Å². The van der Waals surface area contributed by atoms with Gasteiger partial charge in [-0.3, -0.25) is 4.90 Å². The Balaban J connectivity index is 1.85. The average Bonchev–Trinajstić information content (AvgIpc) is 3.05. The fraction of sp³-hybridized carbons (Fsp3) is 0.0588. The molecule has 104 valence electrons. The van der Waals surface area contributed by atoms with Crippen molar-refractivity contribution in [2.24, 2.45) is 0 Å². The molecule has 0 radical (unpaired) electrons. The van der Waals surface area contributed by atoms with E-state index in [9.17, 15) is 4.79 Å². The van der Waals surface area contributed by atoms with Gasteiger partial charge in [0.15, 0.2) is 0 Å². The number of carbonyl (C=O) groups excluding carboxylic acids is 1. The highest BCUT2D eigenvalue weighted by atomic mass is 16.2. The molecule has 0 bridgehead atoms. The number of hydrogen-bond acceptors (Lipinski definition) is 2. The number of para-hydroxylation sites is 1. The Bertz CT molecular complexity index is 735. The lowest BCUT2D eigenvalue weighted by Crippen LogP contribution is -2.31. The lowest BCUT2D eigenvalue weighted by atomic mass is 10.2. The monoisotopic (exact) mass is 277 g/mol. The van der Waals surface area contributed by atoms with E-state index in [0.29, 0.717) is 0 Å². The minimum Gasteiger partial charge on any atom is -0.296 e. The molecule has 4 heteroatoms. The standard InChI is InChI=1S/C17H15N3O/c1-19(15-10-6-3-7-11-15)17(21)20-13-12-16(18-20)14-8-4-2-5-9-14/h2-13H,1H3. The minimum atomic E-state index is -0.191. The molecule has 1 aromatic heterocycles. The summed E-state index contributed by atoms with van der Waals surface area (Å²) in [5.74, 6) is 0. The Morgan fingerprint density at radius 1 is 0.952 bits per heavy atom. The molecule has 4 nitrogen and oxygen atoms in total. The van der Waals surface area contributed by atoms with E-state index >= 15 is 0 Å². The van der Waals surface area contributed by atoms with Crippen molar-refractivity contribution in [2.45, 2.75) is 0 Å². The molecule has 0 atom stereocenters. The SMILES string of the molecule is CN(C(=O)n1ccc(-c2ccccc2)n1)c1ccccc1. The fourth-order valence-electron chi connectivity index (χ4n) is 2.11. The molecule has 21 heavy (non-hydrogen) atoms. The number of anilines is 1. The van der Waals surface area contributed by atoms with Crippen LogP contribution in [0.1, 0.15) is 0 Å². The normalized spacial score (nSPS) is 10.3. The Labute approximate surface area is 123 Å². The molecule has 0 fully saturated rings. The zero-order valence-electron chi connectivity index (χ0n) is 11.7. The van der Waals surface area contributed by atoms with E-state index in [0.717, 1.165) is 16.9 Å². The minimum absolute atomic E-state index is 0.191. The van der Waals surface area contributed by atoms with Crippen molar-refractivity contribution in [2.75, 3.05) is 11.9 Å². The first-order valence-corrected chi connectivity index (χ1v) is 6.70. The Kier molecular flexibility index (Phi) is 3.51. The second-order valence-corrected chi connectivity index (χ2v) is 4.69. The number of nitrogens with zero attached hydrogens (tertiary/aromatic N) is 3. The third-order valence-electron chi connectivity index (χ3n) is 3.29. The van der Waals surface area contributed by atoms with E-state index in [1.165, 1.54) is 4.68 Å². The molecule has 0 saturated heterocycles. The van der Waals surface area contributed by atoms with E-state index in [1.807, 2.05) is 66.7 Å². The molecule has 0 N–H and O–H groups in total. The van der Waals surface area contributed by atoms with Crippen LogP contribution >= 0.6 is 0 Å². The second kappa shape index (κ2) is 5.63. The molecule has 0 aliphatic rings. The van der Waals surface area contributed by atoms with Gasteiger partial charge in [-0.15, -0.1) is 0 Å². The van der Waals surface area contributed by atoms with Crippen LogP contribution in [0.3, 0.4) is 0 Å². The van der Waals surface area contributed by atoms with Gasteiger partial charge in [0.05, 0.1) is 5.69 Å². The van der Waals surface area contributed by atoms with Crippen LogP contribution in [0.5, 0.6) is 0 Å². The Morgan fingerprint density at radius 3 is 2.24 bits per heavy atom. The van der Waals surface area contributed by atoms with Crippen molar-refractivity contribution >= 4 is 11.7 Å². The molecule has 2 aromatic carbocycles. The summed E-state index contributed by atoms with van der Waals surface area (Å²) in [6.45, 7) is 0. The maximum atomic E-state index is 12.4. The van der Waals surface area contributed by atoms with Crippen LogP contribution in [-0.4, -0.2) is 22.9 Å². The van der Waals surface area contributed by atoms with E-state index in [2.05, 4.69) is 5.10 Å². The van der Waals surface area contributed by atoms with Gasteiger partial charge in [0.1, 0.15) is 0 Å². The molecular formula is C17H15N3O. The van der Waals surface area contributed by atoms with Gasteiger partial charge in [-0.25, -0.2) is 4.79 Å². The Morgan fingerprint density at radius 2 is 1.57 bits per heavy atom. The molecule has 0 aliphatic heterocycles. The van der Waals surface area contributed by atoms with Gasteiger partial charge in [0.25, 0.3) is 0 Å². The van der Waals surface area contributed by atoms with E-state index in [4.69, 9.17) is 0 Å². The highest BCUT2D eigenvalue weighted by molar-refractivity contribution is 5.92. The molecule has 1 heterocycles. The van der Waals surface area contributed by atoms with Gasteiger partial charge in [-0.1, -0.05) is 48.5 Å². The van der Waals surface area contributed by atoms with E-state index in [-0.39, 0.29) is 6.03 Å². The summed E-state index contributed by atoms with van der Waals surface area (Å²) >= 11 is 0. The van der Waals surface area contributed by atoms with Crippen molar-refractivity contribution in [3.05, 3.63) is 72.9 Å². The number of carbonyl (C=O) groups is 1. The van der Waals surface area contributed by atoms with Crippen molar-refractivity contribution in [3.8, 4) is 11.3 Å². The zero-order chi connectivity index (χ0) is 14.7. The number of rotatable bonds is 2. The molecule has 3 aromatic rings. The molecular weight excluding hydrogens is 262 g/mol. The van der Waals surface area contributed by atoms with Gasteiger partial charge in [0.2, 0.25) is 0 Å². The first-order valence-electron chi connectivity index (χ1n) is 6.70. The molecule has 1 amide bonds. The summed E-state index contributed by atoms with van der Waals surface area (Å²) in [7, 11) is 1.74. The van der Waals surface area contributed by atoms with Gasteiger partial charge in [0, 0.05) is 24.5 Å². The van der Waals surface area contributed by atoms with Crippen LogP contribution in [0.4, 0.5) is 10.5 Å². The maximum absolute atomic E-state index is 12.4. The first-order chi connectivity index (χ1) is 10.3. The predicted molar refractivity (Wildman–Crippen MR) is 83.3 cm³/mol. The third-order valence-corrected chi connectivity index (χ3v) is 3.29. The van der Waals surface area contributed by atoms with Gasteiger partial charge in [-0.2, -0.15) is 9.78 Å². The molecule has 0 aliphatic carbocycles. The number of benzene rings is 2. The number of hydrogen-bond donors (Lipinski definition) is 0. The lowest BCUT2D eigenvalue weighted by Gasteiger charge is -2.16. The summed E-state index contributed by atoms with van der Waals surface area (Å²) < 4.78 is 1.36. The summed E-state index contributed by atoms with van der Waals surface area (Å²) in [5, 5.41) is 4.35. The van der Waals surface area contributed by atoms with Gasteiger partial charge in [-0.05, 0) is 18.2 Å². The lowest BCUT2D eigenvalue weighted by molar-refractivity contribution is 0.246. The van der Waals surface area contributed by atoms with Crippen LogP contribution in [0.25, 0.3) is 11.3 Å². The smallest absolute Gasteiger partial charge is 0.296 e. The van der Waals surface area contributed by atoms with Crippen LogP contribution < -0.4 is 4.90 Å². The molecule has 3 rings (SSSR count). The fourth-order valence-corrected chi connectivity index (χ4v) is 2.11. The topological polar surface area (TPSA) is 38.1 Å². The number of aromatic nitrogens is 2. The van der Waals surface area contributed by atoms with Crippen molar-refractivity contribution in [1.29, 1.82) is 0 Å². The zero-order valence-corrected chi connectivity index (χ0v) is 11.7. The quantitative estimate of drug-likeness (QED) is 0.717. The van der Waals surface area contributed by atoms with Gasteiger partial charge < -0.3 is 0 Å². The summed E-state index contributed by atoms with van der Waals surface area (Å²) in [5.41, 5.74) is 2.61. The summed E-state index contributed by atoms with van der Waals surface area (Å²) in [6.07, 6.45) is 1.68. The second-order valence-electron chi connectivity index (χ2n) is 4.69. The summed E-state index contributed by atoms with van der Waals surface area (Å²) in [6, 6.07) is 20.9. The van der Waals surface area contributed by atoms with Crippen LogP contribution in [0.2, 0.25) is 0 Å². The molecule has 0 unspecified atom stereocenters. The van der Waals surface area contributed by atoms with Crippen LogP contribution in [0.15, 0.2) is 72.9 Å². The first kappa shape index (κ1) is 13.1. The van der Waals surface area contributed by atoms with Gasteiger partial charge >= 0.3 is 6.03 Å². The third kappa shape index (κ3) is 2.69. The predicted octanol–water partition coefficient (Wildman–Crippen LogP) is 3.65. The maximum Gasteiger partial charge on any atom is 0.348 e. The van der Waals surface area contributed by atoms with E-state index < -0.39 is 0 Å².